The van der Waals surface area contributed by atoms with Gasteiger partial charge in [0.25, 0.3) is 0 Å². The number of anilines is 1. The lowest BCUT2D eigenvalue weighted by Gasteiger charge is -2.12. The Bertz CT molecular complexity index is 652. The van der Waals surface area contributed by atoms with Gasteiger partial charge in [-0.15, -0.1) is 0 Å². The number of aromatic nitrogens is 2. The van der Waals surface area contributed by atoms with Crippen LogP contribution in [-0.4, -0.2) is 23.6 Å². The standard InChI is InChI=1S/C16H19N3O/c1-4-14-18-15(10(2)16(17-3)19-14)12-5-6-13-11(9-12)7-8-20-13/h5-6,9H,4,7-8H2,1-3H3,(H,17,18,19). The molecule has 1 aliphatic heterocycles. The van der Waals surface area contributed by atoms with Gasteiger partial charge in [0.05, 0.1) is 12.3 Å². The molecule has 0 aliphatic carbocycles. The van der Waals surface area contributed by atoms with Crippen LogP contribution >= 0.6 is 0 Å². The van der Waals surface area contributed by atoms with Crippen LogP contribution in [0.3, 0.4) is 0 Å². The lowest BCUT2D eigenvalue weighted by atomic mass is 10.0. The van der Waals surface area contributed by atoms with Crippen molar-refractivity contribution in [1.29, 1.82) is 0 Å². The zero-order valence-electron chi connectivity index (χ0n) is 12.2. The van der Waals surface area contributed by atoms with Crippen LogP contribution in [0.25, 0.3) is 11.3 Å². The normalized spacial score (nSPS) is 12.9. The molecular weight excluding hydrogens is 250 g/mol. The summed E-state index contributed by atoms with van der Waals surface area (Å²) in [7, 11) is 1.90. The molecule has 4 heteroatoms. The summed E-state index contributed by atoms with van der Waals surface area (Å²) in [5.41, 5.74) is 4.50. The van der Waals surface area contributed by atoms with Crippen LogP contribution in [0.2, 0.25) is 0 Å². The van der Waals surface area contributed by atoms with Crippen LogP contribution in [0, 0.1) is 6.92 Å². The zero-order valence-corrected chi connectivity index (χ0v) is 12.2. The number of nitrogens with zero attached hydrogens (tertiary/aromatic N) is 2. The summed E-state index contributed by atoms with van der Waals surface area (Å²) in [6, 6.07) is 6.32. The van der Waals surface area contributed by atoms with Gasteiger partial charge in [0, 0.05) is 31.0 Å². The van der Waals surface area contributed by atoms with Crippen LogP contribution in [0.4, 0.5) is 5.82 Å². The highest BCUT2D eigenvalue weighted by molar-refractivity contribution is 5.70. The molecule has 2 aromatic rings. The monoisotopic (exact) mass is 269 g/mol. The number of hydrogen-bond donors (Lipinski definition) is 1. The number of benzene rings is 1. The van der Waals surface area contributed by atoms with E-state index in [1.807, 2.05) is 13.1 Å². The van der Waals surface area contributed by atoms with E-state index in [1.54, 1.807) is 0 Å². The first-order valence-corrected chi connectivity index (χ1v) is 7.04. The number of fused-ring (bicyclic) bond motifs is 1. The van der Waals surface area contributed by atoms with Crippen LogP contribution in [0.5, 0.6) is 5.75 Å². The summed E-state index contributed by atoms with van der Waals surface area (Å²) >= 11 is 0. The van der Waals surface area contributed by atoms with Gasteiger partial charge in [0.15, 0.2) is 0 Å². The number of hydrogen-bond acceptors (Lipinski definition) is 4. The summed E-state index contributed by atoms with van der Waals surface area (Å²) in [6.07, 6.45) is 1.81. The molecule has 0 saturated heterocycles. The first-order chi connectivity index (χ1) is 9.72. The van der Waals surface area contributed by atoms with Crippen molar-refractivity contribution in [3.8, 4) is 17.0 Å². The van der Waals surface area contributed by atoms with Crippen molar-refractivity contribution < 1.29 is 4.74 Å². The van der Waals surface area contributed by atoms with Crippen molar-refractivity contribution >= 4 is 5.82 Å². The molecule has 2 heterocycles. The highest BCUT2D eigenvalue weighted by atomic mass is 16.5. The molecular formula is C16H19N3O. The Morgan fingerprint density at radius 2 is 2.15 bits per heavy atom. The molecule has 0 saturated carbocycles. The Kier molecular flexibility index (Phi) is 3.30. The Hall–Kier alpha value is -2.10. The lowest BCUT2D eigenvalue weighted by Crippen LogP contribution is -2.04. The predicted molar refractivity (Wildman–Crippen MR) is 80.3 cm³/mol. The average Bonchev–Trinajstić information content (AvgIpc) is 2.95. The summed E-state index contributed by atoms with van der Waals surface area (Å²) < 4.78 is 5.56. The summed E-state index contributed by atoms with van der Waals surface area (Å²) in [5.74, 6) is 2.78. The maximum atomic E-state index is 5.56. The second-order valence-electron chi connectivity index (χ2n) is 4.99. The second-order valence-corrected chi connectivity index (χ2v) is 4.99. The molecule has 0 atom stereocenters. The van der Waals surface area contributed by atoms with Crippen molar-refractivity contribution in [2.45, 2.75) is 26.7 Å². The molecule has 0 unspecified atom stereocenters. The SMILES string of the molecule is CCc1nc(NC)c(C)c(-c2ccc3c(c2)CCO3)n1. The van der Waals surface area contributed by atoms with Crippen molar-refractivity contribution in [2.24, 2.45) is 0 Å². The van der Waals surface area contributed by atoms with E-state index in [4.69, 9.17) is 9.72 Å². The first kappa shape index (κ1) is 12.9. The summed E-state index contributed by atoms with van der Waals surface area (Å²) in [6.45, 7) is 4.91. The maximum absolute atomic E-state index is 5.56. The summed E-state index contributed by atoms with van der Waals surface area (Å²) in [4.78, 5) is 9.22. The minimum Gasteiger partial charge on any atom is -0.493 e. The Morgan fingerprint density at radius 1 is 1.30 bits per heavy atom. The molecule has 0 amide bonds. The Balaban J connectivity index is 2.13. The summed E-state index contributed by atoms with van der Waals surface area (Å²) in [5, 5.41) is 3.16. The molecule has 1 aliphatic rings. The third kappa shape index (κ3) is 2.11. The molecule has 0 radical (unpaired) electrons. The van der Waals surface area contributed by atoms with Gasteiger partial charge in [0.1, 0.15) is 17.4 Å². The predicted octanol–water partition coefficient (Wildman–Crippen LogP) is 2.99. The topological polar surface area (TPSA) is 47.0 Å². The fourth-order valence-electron chi connectivity index (χ4n) is 2.58. The Morgan fingerprint density at radius 3 is 2.90 bits per heavy atom. The van der Waals surface area contributed by atoms with Gasteiger partial charge in [-0.25, -0.2) is 9.97 Å². The average molecular weight is 269 g/mol. The van der Waals surface area contributed by atoms with E-state index in [-0.39, 0.29) is 0 Å². The van der Waals surface area contributed by atoms with Crippen molar-refractivity contribution in [3.63, 3.8) is 0 Å². The molecule has 0 fully saturated rings. The van der Waals surface area contributed by atoms with Crippen molar-refractivity contribution in [1.82, 2.24) is 9.97 Å². The number of aryl methyl sites for hydroxylation is 1. The van der Waals surface area contributed by atoms with Gasteiger partial charge in [-0.05, 0) is 30.7 Å². The van der Waals surface area contributed by atoms with E-state index in [0.717, 1.165) is 53.7 Å². The maximum Gasteiger partial charge on any atom is 0.132 e. The molecule has 0 spiro atoms. The van der Waals surface area contributed by atoms with Gasteiger partial charge in [0.2, 0.25) is 0 Å². The zero-order chi connectivity index (χ0) is 14.1. The molecule has 1 aromatic carbocycles. The molecule has 20 heavy (non-hydrogen) atoms. The number of nitrogens with one attached hydrogen (secondary N) is 1. The van der Waals surface area contributed by atoms with E-state index < -0.39 is 0 Å². The second kappa shape index (κ2) is 5.12. The first-order valence-electron chi connectivity index (χ1n) is 7.04. The fraction of sp³-hybridized carbons (Fsp3) is 0.375. The van der Waals surface area contributed by atoms with Gasteiger partial charge >= 0.3 is 0 Å². The molecule has 104 valence electrons. The highest BCUT2D eigenvalue weighted by Crippen LogP contribution is 2.32. The van der Waals surface area contributed by atoms with E-state index in [9.17, 15) is 0 Å². The number of rotatable bonds is 3. The minimum atomic E-state index is 0.781. The van der Waals surface area contributed by atoms with Gasteiger partial charge in [-0.1, -0.05) is 6.92 Å². The largest absolute Gasteiger partial charge is 0.493 e. The van der Waals surface area contributed by atoms with Crippen molar-refractivity contribution in [3.05, 3.63) is 35.2 Å². The third-order valence-corrected chi connectivity index (χ3v) is 3.71. The third-order valence-electron chi connectivity index (χ3n) is 3.71. The lowest BCUT2D eigenvalue weighted by molar-refractivity contribution is 0.357. The highest BCUT2D eigenvalue weighted by Gasteiger charge is 2.16. The van der Waals surface area contributed by atoms with Crippen LogP contribution in [0.15, 0.2) is 18.2 Å². The van der Waals surface area contributed by atoms with E-state index >= 15 is 0 Å². The minimum absolute atomic E-state index is 0.781. The van der Waals surface area contributed by atoms with Crippen LogP contribution < -0.4 is 10.1 Å². The van der Waals surface area contributed by atoms with Gasteiger partial charge < -0.3 is 10.1 Å². The smallest absolute Gasteiger partial charge is 0.132 e. The van der Waals surface area contributed by atoms with Gasteiger partial charge in [-0.3, -0.25) is 0 Å². The fourth-order valence-corrected chi connectivity index (χ4v) is 2.58. The van der Waals surface area contributed by atoms with Crippen molar-refractivity contribution in [2.75, 3.05) is 19.0 Å². The molecule has 0 bridgehead atoms. The molecule has 1 aromatic heterocycles. The van der Waals surface area contributed by atoms with E-state index in [0.29, 0.717) is 0 Å². The number of ether oxygens (including phenoxy) is 1. The molecule has 4 nitrogen and oxygen atoms in total. The van der Waals surface area contributed by atoms with Crippen LogP contribution in [0.1, 0.15) is 23.9 Å². The quantitative estimate of drug-likeness (QED) is 0.930. The van der Waals surface area contributed by atoms with E-state index in [2.05, 4.69) is 36.3 Å². The molecule has 3 rings (SSSR count). The molecule has 1 N–H and O–H groups in total. The van der Waals surface area contributed by atoms with E-state index in [1.165, 1.54) is 5.56 Å². The van der Waals surface area contributed by atoms with Gasteiger partial charge in [-0.2, -0.15) is 0 Å². The van der Waals surface area contributed by atoms with Crippen LogP contribution in [-0.2, 0) is 12.8 Å². The Labute approximate surface area is 119 Å².